The molecule has 1 amide bonds. The van der Waals surface area contributed by atoms with Crippen molar-refractivity contribution < 1.29 is 53.9 Å². The van der Waals surface area contributed by atoms with Gasteiger partial charge in [-0.25, -0.2) is 4.57 Å². The molecule has 0 aromatic heterocycles. The number of phosphoric acid groups is 1. The van der Waals surface area contributed by atoms with E-state index in [2.05, 4.69) is 19.2 Å². The van der Waals surface area contributed by atoms with Crippen molar-refractivity contribution in [2.75, 3.05) is 6.61 Å². The number of carbonyl (C=O) groups excluding carboxylic acids is 1. The van der Waals surface area contributed by atoms with Crippen molar-refractivity contribution in [1.82, 2.24) is 5.32 Å². The Labute approximate surface area is 416 Å². The highest BCUT2D eigenvalue weighted by atomic mass is 31.2. The molecule has 0 bridgehead atoms. The summed E-state index contributed by atoms with van der Waals surface area (Å²) in [6.45, 7) is 3.89. The minimum Gasteiger partial charge on any atom is -0.387 e. The van der Waals surface area contributed by atoms with Gasteiger partial charge in [-0.1, -0.05) is 264 Å². The van der Waals surface area contributed by atoms with Gasteiger partial charge < -0.3 is 40.8 Å². The Morgan fingerprint density at radius 3 is 1.12 bits per heavy atom. The van der Waals surface area contributed by atoms with Gasteiger partial charge in [-0.15, -0.1) is 0 Å². The Morgan fingerprint density at radius 1 is 0.485 bits per heavy atom. The molecule has 0 radical (unpaired) electrons. The van der Waals surface area contributed by atoms with Crippen LogP contribution in [0.5, 0.6) is 0 Å². The van der Waals surface area contributed by atoms with Crippen LogP contribution < -0.4 is 5.32 Å². The zero-order valence-corrected chi connectivity index (χ0v) is 44.6. The number of nitrogens with one attached hydrogen (secondary N) is 1. The van der Waals surface area contributed by atoms with Crippen LogP contribution >= 0.6 is 7.82 Å². The zero-order chi connectivity index (χ0) is 49.9. The molecule has 1 aliphatic rings. The molecule has 404 valence electrons. The van der Waals surface area contributed by atoms with E-state index in [1.54, 1.807) is 6.08 Å². The van der Waals surface area contributed by atoms with Gasteiger partial charge >= 0.3 is 7.82 Å². The summed E-state index contributed by atoms with van der Waals surface area (Å²) in [7, 11) is -5.08. The largest absolute Gasteiger partial charge is 0.472 e. The lowest BCUT2D eigenvalue weighted by Gasteiger charge is -2.41. The molecule has 9 atom stereocenters. The highest BCUT2D eigenvalue weighted by molar-refractivity contribution is 7.47. The standard InChI is InChI=1S/C55H108NO11P/c1-3-5-7-9-11-13-15-17-19-21-22-23-24-25-26-27-28-29-31-33-35-37-39-41-43-45-49(58)56-47(46-66-68(64,65)67-55-53(62)51(60)50(59)52(61)54(55)63)48(57)44-42-40-38-36-34-32-30-20-18-16-14-12-10-8-6-4-2/h42,44,47-48,50-55,57,59-63H,3-41,43,45-46H2,1-2H3,(H,56,58)(H,64,65)/b44-42+/t47-,48+,50?,51+,52?,53?,54?,55?/m0/s1. The molecule has 1 fully saturated rings. The average Bonchev–Trinajstić information content (AvgIpc) is 3.32. The lowest BCUT2D eigenvalue weighted by atomic mass is 9.85. The Hall–Kier alpha value is -0.920. The van der Waals surface area contributed by atoms with Crippen LogP contribution in [0.2, 0.25) is 0 Å². The molecule has 6 unspecified atom stereocenters. The zero-order valence-electron chi connectivity index (χ0n) is 43.7. The number of rotatable bonds is 49. The Morgan fingerprint density at radius 2 is 0.779 bits per heavy atom. The highest BCUT2D eigenvalue weighted by Gasteiger charge is 2.51. The summed E-state index contributed by atoms with van der Waals surface area (Å²) in [6, 6.07) is -1.11. The van der Waals surface area contributed by atoms with E-state index in [1.807, 2.05) is 6.08 Å². The molecular weight excluding hydrogens is 882 g/mol. The summed E-state index contributed by atoms with van der Waals surface area (Å²) in [4.78, 5) is 23.5. The van der Waals surface area contributed by atoms with Gasteiger partial charge in [0, 0.05) is 6.42 Å². The van der Waals surface area contributed by atoms with Crippen molar-refractivity contribution >= 4 is 13.7 Å². The first-order chi connectivity index (χ1) is 32.9. The second-order valence-corrected chi connectivity index (χ2v) is 21.9. The van der Waals surface area contributed by atoms with Crippen LogP contribution in [-0.4, -0.2) is 96.8 Å². The van der Waals surface area contributed by atoms with Crippen molar-refractivity contribution in [3.05, 3.63) is 12.2 Å². The molecule has 1 aliphatic carbocycles. The number of amides is 1. The Kier molecular flexibility index (Phi) is 42.8. The summed E-state index contributed by atoms with van der Waals surface area (Å²) in [5, 5.41) is 64.3. The molecule has 68 heavy (non-hydrogen) atoms. The molecule has 0 saturated heterocycles. The second kappa shape index (κ2) is 44.8. The van der Waals surface area contributed by atoms with E-state index in [0.717, 1.165) is 44.9 Å². The van der Waals surface area contributed by atoms with Gasteiger partial charge in [-0.05, 0) is 19.3 Å². The van der Waals surface area contributed by atoms with E-state index in [0.29, 0.717) is 6.42 Å². The molecule has 13 heteroatoms. The summed E-state index contributed by atoms with van der Waals surface area (Å²) < 4.78 is 23.0. The quantitative estimate of drug-likeness (QED) is 0.0163. The Bertz CT molecular complexity index is 1200. The molecule has 0 heterocycles. The average molecular weight is 990 g/mol. The van der Waals surface area contributed by atoms with Gasteiger partial charge in [-0.3, -0.25) is 13.8 Å². The smallest absolute Gasteiger partial charge is 0.387 e. The number of allylic oxidation sites excluding steroid dienone is 1. The molecule has 1 saturated carbocycles. The van der Waals surface area contributed by atoms with Crippen molar-refractivity contribution in [2.45, 2.75) is 326 Å². The van der Waals surface area contributed by atoms with Crippen LogP contribution in [-0.2, 0) is 18.4 Å². The van der Waals surface area contributed by atoms with Crippen molar-refractivity contribution in [2.24, 2.45) is 0 Å². The number of phosphoric ester groups is 1. The number of carbonyl (C=O) groups is 1. The maximum Gasteiger partial charge on any atom is 0.472 e. The predicted molar refractivity (Wildman–Crippen MR) is 278 cm³/mol. The molecule has 0 aromatic carbocycles. The van der Waals surface area contributed by atoms with E-state index < -0.39 is 63.2 Å². The lowest BCUT2D eigenvalue weighted by molar-refractivity contribution is -0.220. The van der Waals surface area contributed by atoms with E-state index in [1.165, 1.54) is 205 Å². The maximum atomic E-state index is 13.0. The topological polar surface area (TPSA) is 206 Å². The number of aliphatic hydroxyl groups excluding tert-OH is 6. The molecule has 1 rings (SSSR count). The fourth-order valence-electron chi connectivity index (χ4n) is 9.44. The first-order valence-corrected chi connectivity index (χ1v) is 30.1. The van der Waals surface area contributed by atoms with Crippen LogP contribution in [0.3, 0.4) is 0 Å². The summed E-state index contributed by atoms with van der Waals surface area (Å²) >= 11 is 0. The second-order valence-electron chi connectivity index (χ2n) is 20.5. The van der Waals surface area contributed by atoms with Gasteiger partial charge in [0.15, 0.2) is 0 Å². The fourth-order valence-corrected chi connectivity index (χ4v) is 10.4. The fraction of sp³-hybridized carbons (Fsp3) is 0.945. The predicted octanol–water partition coefficient (Wildman–Crippen LogP) is 12.7. The normalized spacial score (nSPS) is 21.6. The van der Waals surface area contributed by atoms with Crippen LogP contribution in [0.1, 0.15) is 277 Å². The van der Waals surface area contributed by atoms with Crippen LogP contribution in [0.15, 0.2) is 12.2 Å². The van der Waals surface area contributed by atoms with Crippen LogP contribution in [0, 0.1) is 0 Å². The molecule has 0 spiro atoms. The lowest BCUT2D eigenvalue weighted by Crippen LogP contribution is -2.64. The molecule has 8 N–H and O–H groups in total. The van der Waals surface area contributed by atoms with Gasteiger partial charge in [0.25, 0.3) is 0 Å². The van der Waals surface area contributed by atoms with E-state index >= 15 is 0 Å². The van der Waals surface area contributed by atoms with Crippen molar-refractivity contribution in [1.29, 1.82) is 0 Å². The molecule has 0 aromatic rings. The van der Waals surface area contributed by atoms with Crippen LogP contribution in [0.25, 0.3) is 0 Å². The van der Waals surface area contributed by atoms with Gasteiger partial charge in [-0.2, -0.15) is 0 Å². The first-order valence-electron chi connectivity index (χ1n) is 28.6. The summed E-state index contributed by atoms with van der Waals surface area (Å²) in [5.41, 5.74) is 0. The van der Waals surface area contributed by atoms with Crippen molar-refractivity contribution in [3.63, 3.8) is 0 Å². The SMILES string of the molecule is CCCCCCCCCCCCCCCC/C=C/[C@@H](O)[C@H](COP(=O)(O)OC1C(O)C(O)C(O)[C@@H](O)C1O)NC(=O)CCCCCCCCCCCCCCCCCCCCCCCCCCC. The molecule has 0 aliphatic heterocycles. The third-order valence-corrected chi connectivity index (χ3v) is 15.1. The highest BCUT2D eigenvalue weighted by Crippen LogP contribution is 2.47. The monoisotopic (exact) mass is 990 g/mol. The molecular formula is C55H108NO11P. The number of hydrogen-bond acceptors (Lipinski definition) is 10. The third-order valence-electron chi connectivity index (χ3n) is 14.1. The van der Waals surface area contributed by atoms with Crippen LogP contribution in [0.4, 0.5) is 0 Å². The minimum atomic E-state index is -5.08. The molecule has 12 nitrogen and oxygen atoms in total. The summed E-state index contributed by atoms with van der Waals surface area (Å²) in [5.74, 6) is -0.334. The van der Waals surface area contributed by atoms with Gasteiger partial charge in [0.1, 0.15) is 36.6 Å². The van der Waals surface area contributed by atoms with Gasteiger partial charge in [0.2, 0.25) is 5.91 Å². The summed E-state index contributed by atoms with van der Waals surface area (Å²) in [6.07, 6.45) is 41.5. The maximum absolute atomic E-state index is 13.0. The van der Waals surface area contributed by atoms with E-state index in [9.17, 15) is 44.9 Å². The van der Waals surface area contributed by atoms with E-state index in [4.69, 9.17) is 9.05 Å². The first kappa shape index (κ1) is 65.1. The number of unbranched alkanes of at least 4 members (excludes halogenated alkanes) is 38. The van der Waals surface area contributed by atoms with Gasteiger partial charge in [0.05, 0.1) is 18.8 Å². The number of hydrogen-bond donors (Lipinski definition) is 8. The Balaban J connectivity index is 2.32. The van der Waals surface area contributed by atoms with Crippen molar-refractivity contribution in [3.8, 4) is 0 Å². The van der Waals surface area contributed by atoms with E-state index in [-0.39, 0.29) is 12.3 Å². The minimum absolute atomic E-state index is 0.219. The third kappa shape index (κ3) is 35.2. The number of aliphatic hydroxyl groups is 6.